The first-order chi connectivity index (χ1) is 8.54. The molecule has 2 rings (SSSR count). The summed E-state index contributed by atoms with van der Waals surface area (Å²) in [6.07, 6.45) is 0. The van der Waals surface area contributed by atoms with Crippen molar-refractivity contribution in [3.8, 4) is 0 Å². The van der Waals surface area contributed by atoms with Crippen LogP contribution in [0.3, 0.4) is 0 Å². The standard InChI is InChI=1S/C13H15BrFN3/c1-8-11(6-16)9(2)18(17-8)7-10-4-3-5-12(15)13(10)14/h3-5H,6-7,16H2,1-2H3. The lowest BCUT2D eigenvalue weighted by Gasteiger charge is -2.08. The lowest BCUT2D eigenvalue weighted by Crippen LogP contribution is -2.06. The molecule has 1 aromatic heterocycles. The minimum atomic E-state index is -0.256. The normalized spacial score (nSPS) is 10.9. The first-order valence-electron chi connectivity index (χ1n) is 5.70. The summed E-state index contributed by atoms with van der Waals surface area (Å²) in [5.74, 6) is -0.256. The van der Waals surface area contributed by atoms with Crippen LogP contribution in [0, 0.1) is 19.7 Å². The van der Waals surface area contributed by atoms with E-state index in [-0.39, 0.29) is 5.82 Å². The van der Waals surface area contributed by atoms with Gasteiger partial charge in [-0.3, -0.25) is 4.68 Å². The van der Waals surface area contributed by atoms with E-state index in [1.807, 2.05) is 24.6 Å². The van der Waals surface area contributed by atoms with Gasteiger partial charge in [-0.05, 0) is 41.4 Å². The van der Waals surface area contributed by atoms with Gasteiger partial charge in [0.1, 0.15) is 5.82 Å². The number of nitrogens with zero attached hydrogens (tertiary/aromatic N) is 2. The van der Waals surface area contributed by atoms with Gasteiger partial charge in [0.2, 0.25) is 0 Å². The van der Waals surface area contributed by atoms with E-state index in [4.69, 9.17) is 5.73 Å². The van der Waals surface area contributed by atoms with Crippen LogP contribution in [0.25, 0.3) is 0 Å². The van der Waals surface area contributed by atoms with Crippen molar-refractivity contribution in [3.05, 3.63) is 51.0 Å². The van der Waals surface area contributed by atoms with Crippen LogP contribution in [-0.4, -0.2) is 9.78 Å². The number of aryl methyl sites for hydroxylation is 1. The number of halogens is 2. The van der Waals surface area contributed by atoms with Crippen LogP contribution in [0.1, 0.15) is 22.5 Å². The van der Waals surface area contributed by atoms with Crippen molar-refractivity contribution >= 4 is 15.9 Å². The average molecular weight is 312 g/mol. The zero-order valence-electron chi connectivity index (χ0n) is 10.4. The number of nitrogens with two attached hydrogens (primary N) is 1. The number of aromatic nitrogens is 2. The maximum absolute atomic E-state index is 13.4. The second-order valence-electron chi connectivity index (χ2n) is 4.22. The monoisotopic (exact) mass is 311 g/mol. The van der Waals surface area contributed by atoms with Crippen LogP contribution in [0.4, 0.5) is 4.39 Å². The molecule has 2 N–H and O–H groups in total. The van der Waals surface area contributed by atoms with Gasteiger partial charge in [-0.15, -0.1) is 0 Å². The highest BCUT2D eigenvalue weighted by Crippen LogP contribution is 2.22. The third-order valence-corrected chi connectivity index (χ3v) is 3.98. The number of rotatable bonds is 3. The van der Waals surface area contributed by atoms with Gasteiger partial charge in [0.15, 0.2) is 0 Å². The highest BCUT2D eigenvalue weighted by molar-refractivity contribution is 9.10. The summed E-state index contributed by atoms with van der Waals surface area (Å²) in [7, 11) is 0. The summed E-state index contributed by atoms with van der Waals surface area (Å²) in [5.41, 5.74) is 9.58. The van der Waals surface area contributed by atoms with Crippen molar-refractivity contribution in [1.82, 2.24) is 9.78 Å². The van der Waals surface area contributed by atoms with Crippen molar-refractivity contribution < 1.29 is 4.39 Å². The molecule has 0 aliphatic carbocycles. The van der Waals surface area contributed by atoms with Gasteiger partial charge in [-0.2, -0.15) is 5.10 Å². The van der Waals surface area contributed by atoms with Crippen molar-refractivity contribution in [2.45, 2.75) is 26.9 Å². The summed E-state index contributed by atoms with van der Waals surface area (Å²) in [6.45, 7) is 4.93. The highest BCUT2D eigenvalue weighted by Gasteiger charge is 2.12. The van der Waals surface area contributed by atoms with E-state index in [2.05, 4.69) is 21.0 Å². The molecule has 0 radical (unpaired) electrons. The fourth-order valence-electron chi connectivity index (χ4n) is 2.02. The fraction of sp³-hybridized carbons (Fsp3) is 0.308. The van der Waals surface area contributed by atoms with E-state index in [9.17, 15) is 4.39 Å². The quantitative estimate of drug-likeness (QED) is 0.947. The number of benzene rings is 1. The lowest BCUT2D eigenvalue weighted by atomic mass is 10.2. The molecule has 0 fully saturated rings. The Bertz CT molecular complexity index is 578. The van der Waals surface area contributed by atoms with Crippen LogP contribution in [0.2, 0.25) is 0 Å². The predicted octanol–water partition coefficient (Wildman–Crippen LogP) is 2.91. The minimum Gasteiger partial charge on any atom is -0.326 e. The molecule has 0 saturated carbocycles. The summed E-state index contributed by atoms with van der Waals surface area (Å²) >= 11 is 3.26. The molecule has 0 bridgehead atoms. The third kappa shape index (κ3) is 2.33. The topological polar surface area (TPSA) is 43.8 Å². The second kappa shape index (κ2) is 5.20. The van der Waals surface area contributed by atoms with E-state index in [1.165, 1.54) is 6.07 Å². The second-order valence-corrected chi connectivity index (χ2v) is 5.02. The molecule has 0 atom stereocenters. The van der Waals surface area contributed by atoms with Gasteiger partial charge in [0.25, 0.3) is 0 Å². The molecule has 18 heavy (non-hydrogen) atoms. The molecule has 0 aliphatic rings. The maximum Gasteiger partial charge on any atom is 0.137 e. The summed E-state index contributed by atoms with van der Waals surface area (Å²) in [4.78, 5) is 0. The lowest BCUT2D eigenvalue weighted by molar-refractivity contribution is 0.607. The molecule has 0 saturated heterocycles. The Kier molecular flexibility index (Phi) is 3.82. The van der Waals surface area contributed by atoms with Crippen LogP contribution >= 0.6 is 15.9 Å². The van der Waals surface area contributed by atoms with Gasteiger partial charge in [0, 0.05) is 17.8 Å². The first kappa shape index (κ1) is 13.2. The largest absolute Gasteiger partial charge is 0.326 e. The zero-order valence-corrected chi connectivity index (χ0v) is 12.0. The van der Waals surface area contributed by atoms with Crippen molar-refractivity contribution in [1.29, 1.82) is 0 Å². The van der Waals surface area contributed by atoms with Crippen LogP contribution < -0.4 is 5.73 Å². The molecule has 5 heteroatoms. The molecule has 0 spiro atoms. The molecular weight excluding hydrogens is 297 g/mol. The molecule has 3 nitrogen and oxygen atoms in total. The fourth-order valence-corrected chi connectivity index (χ4v) is 2.41. The van der Waals surface area contributed by atoms with E-state index in [1.54, 1.807) is 6.07 Å². The number of hydrogen-bond donors (Lipinski definition) is 1. The van der Waals surface area contributed by atoms with Crippen LogP contribution in [-0.2, 0) is 13.1 Å². The average Bonchev–Trinajstić information content (AvgIpc) is 2.60. The molecular formula is C13H15BrFN3. The molecule has 1 heterocycles. The van der Waals surface area contributed by atoms with Gasteiger partial charge in [-0.1, -0.05) is 12.1 Å². The SMILES string of the molecule is Cc1nn(Cc2cccc(F)c2Br)c(C)c1CN. The van der Waals surface area contributed by atoms with E-state index in [0.29, 0.717) is 17.6 Å². The van der Waals surface area contributed by atoms with Crippen LogP contribution in [0.15, 0.2) is 22.7 Å². The van der Waals surface area contributed by atoms with E-state index in [0.717, 1.165) is 22.5 Å². The number of hydrogen-bond acceptors (Lipinski definition) is 2. The van der Waals surface area contributed by atoms with E-state index >= 15 is 0 Å². The van der Waals surface area contributed by atoms with Crippen molar-refractivity contribution in [2.75, 3.05) is 0 Å². The van der Waals surface area contributed by atoms with Crippen molar-refractivity contribution in [2.24, 2.45) is 5.73 Å². The summed E-state index contributed by atoms with van der Waals surface area (Å²) < 4.78 is 15.8. The molecule has 0 unspecified atom stereocenters. The van der Waals surface area contributed by atoms with Gasteiger partial charge >= 0.3 is 0 Å². The molecule has 0 amide bonds. The van der Waals surface area contributed by atoms with Gasteiger partial charge in [0.05, 0.1) is 16.7 Å². The Morgan fingerprint density at radius 3 is 2.72 bits per heavy atom. The Balaban J connectivity index is 2.37. The minimum absolute atomic E-state index is 0.256. The Labute approximate surface area is 114 Å². The summed E-state index contributed by atoms with van der Waals surface area (Å²) in [5, 5.41) is 4.44. The van der Waals surface area contributed by atoms with Gasteiger partial charge < -0.3 is 5.73 Å². The zero-order chi connectivity index (χ0) is 13.3. The predicted molar refractivity (Wildman–Crippen MR) is 72.8 cm³/mol. The highest BCUT2D eigenvalue weighted by atomic mass is 79.9. The Morgan fingerprint density at radius 2 is 2.11 bits per heavy atom. The molecule has 1 aromatic carbocycles. The third-order valence-electron chi connectivity index (χ3n) is 3.09. The summed E-state index contributed by atoms with van der Waals surface area (Å²) in [6, 6.07) is 5.01. The molecule has 96 valence electrons. The Morgan fingerprint density at radius 1 is 1.39 bits per heavy atom. The Hall–Kier alpha value is -1.20. The smallest absolute Gasteiger partial charge is 0.137 e. The first-order valence-corrected chi connectivity index (χ1v) is 6.49. The molecule has 2 aromatic rings. The van der Waals surface area contributed by atoms with E-state index < -0.39 is 0 Å². The maximum atomic E-state index is 13.4. The molecule has 0 aliphatic heterocycles. The van der Waals surface area contributed by atoms with Crippen molar-refractivity contribution in [3.63, 3.8) is 0 Å². The van der Waals surface area contributed by atoms with Gasteiger partial charge in [-0.25, -0.2) is 4.39 Å². The van der Waals surface area contributed by atoms with Crippen LogP contribution in [0.5, 0.6) is 0 Å².